The van der Waals surface area contributed by atoms with Crippen molar-refractivity contribution in [2.45, 2.75) is 19.5 Å². The van der Waals surface area contributed by atoms with Crippen LogP contribution in [0, 0.1) is 0 Å². The van der Waals surface area contributed by atoms with Gasteiger partial charge in [-0.2, -0.15) is 0 Å². The van der Waals surface area contributed by atoms with Crippen molar-refractivity contribution in [1.29, 1.82) is 0 Å². The number of hydrogen-bond acceptors (Lipinski definition) is 5. The fraction of sp³-hybridized carbons (Fsp3) is 0.600. The van der Waals surface area contributed by atoms with Crippen molar-refractivity contribution in [3.8, 4) is 17.2 Å². The summed E-state index contributed by atoms with van der Waals surface area (Å²) in [6, 6.07) is 4.41. The molecule has 0 aliphatic carbocycles. The number of ether oxygens (including phenoxy) is 3. The highest BCUT2D eigenvalue weighted by atomic mass is 16.5. The van der Waals surface area contributed by atoms with E-state index in [1.165, 1.54) is 0 Å². The van der Waals surface area contributed by atoms with E-state index in [4.69, 9.17) is 14.2 Å². The first-order valence-corrected chi connectivity index (χ1v) is 6.97. The van der Waals surface area contributed by atoms with Crippen molar-refractivity contribution in [2.24, 2.45) is 0 Å². The highest BCUT2D eigenvalue weighted by Crippen LogP contribution is 2.35. The molecule has 0 aromatic heterocycles. The Kier molecular flexibility index (Phi) is 5.09. The van der Waals surface area contributed by atoms with Crippen molar-refractivity contribution < 1.29 is 14.2 Å². The molecule has 1 heterocycles. The zero-order valence-corrected chi connectivity index (χ0v) is 12.7. The summed E-state index contributed by atoms with van der Waals surface area (Å²) < 4.78 is 16.3. The summed E-state index contributed by atoms with van der Waals surface area (Å²) in [6.07, 6.45) is 0. The fourth-order valence-electron chi connectivity index (χ4n) is 2.47. The standard InChI is InChI=1S/C15H24N2O3/c1-5-17(11-8-16-9-11)10-13-14(19-3)6-12(18-2)7-15(13)20-4/h6-7,11,16H,5,8-10H2,1-4H3. The van der Waals surface area contributed by atoms with Crippen LogP contribution >= 0.6 is 0 Å². The minimum Gasteiger partial charge on any atom is -0.496 e. The summed E-state index contributed by atoms with van der Waals surface area (Å²) >= 11 is 0. The normalized spacial score (nSPS) is 15.1. The van der Waals surface area contributed by atoms with E-state index < -0.39 is 0 Å². The number of likely N-dealkylation sites (N-methyl/N-ethyl adjacent to an activating group) is 1. The van der Waals surface area contributed by atoms with Crippen molar-refractivity contribution in [1.82, 2.24) is 10.2 Å². The maximum Gasteiger partial charge on any atom is 0.130 e. The highest BCUT2D eigenvalue weighted by Gasteiger charge is 2.25. The lowest BCUT2D eigenvalue weighted by Crippen LogP contribution is -2.56. The summed E-state index contributed by atoms with van der Waals surface area (Å²) in [5.74, 6) is 2.37. The monoisotopic (exact) mass is 280 g/mol. The molecule has 1 aliphatic heterocycles. The third kappa shape index (κ3) is 2.99. The lowest BCUT2D eigenvalue weighted by atomic mass is 10.1. The van der Waals surface area contributed by atoms with Crippen LogP contribution in [0.1, 0.15) is 12.5 Å². The number of benzene rings is 1. The van der Waals surface area contributed by atoms with Gasteiger partial charge < -0.3 is 19.5 Å². The summed E-state index contributed by atoms with van der Waals surface area (Å²) in [5, 5.41) is 3.31. The Balaban J connectivity index is 2.27. The van der Waals surface area contributed by atoms with Gasteiger partial charge in [0.15, 0.2) is 0 Å². The van der Waals surface area contributed by atoms with Crippen molar-refractivity contribution in [3.05, 3.63) is 17.7 Å². The molecule has 0 unspecified atom stereocenters. The average molecular weight is 280 g/mol. The molecule has 1 aromatic rings. The van der Waals surface area contributed by atoms with Gasteiger partial charge in [-0.15, -0.1) is 0 Å². The molecule has 5 nitrogen and oxygen atoms in total. The number of rotatable bonds is 7. The Labute approximate surface area is 120 Å². The van der Waals surface area contributed by atoms with Crippen LogP contribution in [0.2, 0.25) is 0 Å². The molecule has 112 valence electrons. The molecular weight excluding hydrogens is 256 g/mol. The van der Waals surface area contributed by atoms with Gasteiger partial charge in [0.2, 0.25) is 0 Å². The van der Waals surface area contributed by atoms with Gasteiger partial charge in [0.25, 0.3) is 0 Å². The molecule has 2 rings (SSSR count). The molecule has 1 N–H and O–H groups in total. The molecule has 1 aromatic carbocycles. The van der Waals surface area contributed by atoms with Gasteiger partial charge in [-0.1, -0.05) is 6.92 Å². The largest absolute Gasteiger partial charge is 0.496 e. The van der Waals surface area contributed by atoms with E-state index >= 15 is 0 Å². The van der Waals surface area contributed by atoms with E-state index in [9.17, 15) is 0 Å². The van der Waals surface area contributed by atoms with E-state index in [-0.39, 0.29) is 0 Å². The van der Waals surface area contributed by atoms with Crippen LogP contribution in [0.3, 0.4) is 0 Å². The smallest absolute Gasteiger partial charge is 0.130 e. The van der Waals surface area contributed by atoms with Crippen molar-refractivity contribution in [3.63, 3.8) is 0 Å². The summed E-state index contributed by atoms with van der Waals surface area (Å²) in [4.78, 5) is 2.43. The maximum absolute atomic E-state index is 5.50. The van der Waals surface area contributed by atoms with Gasteiger partial charge in [0, 0.05) is 37.8 Å². The second kappa shape index (κ2) is 6.81. The molecule has 20 heavy (non-hydrogen) atoms. The number of methoxy groups -OCH3 is 3. The maximum atomic E-state index is 5.50. The van der Waals surface area contributed by atoms with Crippen LogP contribution in [-0.2, 0) is 6.54 Å². The molecule has 0 atom stereocenters. The third-order valence-electron chi connectivity index (χ3n) is 3.86. The first kappa shape index (κ1) is 14.9. The zero-order chi connectivity index (χ0) is 14.5. The Morgan fingerprint density at radius 2 is 1.70 bits per heavy atom. The Morgan fingerprint density at radius 3 is 2.05 bits per heavy atom. The summed E-state index contributed by atoms with van der Waals surface area (Å²) in [6.45, 7) is 6.11. The van der Waals surface area contributed by atoms with Crippen molar-refractivity contribution in [2.75, 3.05) is 41.0 Å². The van der Waals surface area contributed by atoms with Gasteiger partial charge >= 0.3 is 0 Å². The van der Waals surface area contributed by atoms with Gasteiger partial charge in [-0.05, 0) is 6.54 Å². The molecule has 0 bridgehead atoms. The quantitative estimate of drug-likeness (QED) is 0.820. The molecule has 1 saturated heterocycles. The Bertz CT molecular complexity index is 422. The summed E-state index contributed by atoms with van der Waals surface area (Å²) in [7, 11) is 5.00. The van der Waals surface area contributed by atoms with Crippen LogP contribution in [0.4, 0.5) is 0 Å². The van der Waals surface area contributed by atoms with E-state index in [0.717, 1.165) is 49.0 Å². The summed E-state index contributed by atoms with van der Waals surface area (Å²) in [5.41, 5.74) is 1.07. The van der Waals surface area contributed by atoms with Gasteiger partial charge in [0.05, 0.1) is 26.9 Å². The van der Waals surface area contributed by atoms with Crippen LogP contribution in [0.5, 0.6) is 17.2 Å². The molecule has 0 amide bonds. The number of hydrogen-bond donors (Lipinski definition) is 1. The average Bonchev–Trinajstić information content (AvgIpc) is 2.44. The first-order valence-electron chi connectivity index (χ1n) is 6.97. The van der Waals surface area contributed by atoms with Gasteiger partial charge in [-0.25, -0.2) is 0 Å². The minimum absolute atomic E-state index is 0.594. The SMILES string of the molecule is CCN(Cc1c(OC)cc(OC)cc1OC)C1CNC1. The van der Waals surface area contributed by atoms with Gasteiger partial charge in [-0.3, -0.25) is 4.90 Å². The minimum atomic E-state index is 0.594. The molecule has 0 spiro atoms. The van der Waals surface area contributed by atoms with Crippen molar-refractivity contribution >= 4 is 0 Å². The predicted octanol–water partition coefficient (Wildman–Crippen LogP) is 1.51. The van der Waals surface area contributed by atoms with Gasteiger partial charge in [0.1, 0.15) is 17.2 Å². The topological polar surface area (TPSA) is 43.0 Å². The number of nitrogens with zero attached hydrogens (tertiary/aromatic N) is 1. The molecule has 1 aliphatic rings. The molecule has 1 fully saturated rings. The lowest BCUT2D eigenvalue weighted by molar-refractivity contribution is 0.142. The lowest BCUT2D eigenvalue weighted by Gasteiger charge is -2.38. The molecular formula is C15H24N2O3. The second-order valence-corrected chi connectivity index (χ2v) is 4.89. The highest BCUT2D eigenvalue weighted by molar-refractivity contribution is 5.50. The fourth-order valence-corrected chi connectivity index (χ4v) is 2.47. The van der Waals surface area contributed by atoms with E-state index in [0.29, 0.717) is 6.04 Å². The molecule has 0 radical (unpaired) electrons. The number of nitrogens with one attached hydrogen (secondary N) is 1. The van der Waals surface area contributed by atoms with E-state index in [1.807, 2.05) is 12.1 Å². The molecule has 0 saturated carbocycles. The van der Waals surface area contributed by atoms with Crippen LogP contribution in [0.15, 0.2) is 12.1 Å². The Hall–Kier alpha value is -1.46. The van der Waals surface area contributed by atoms with Crippen LogP contribution in [-0.4, -0.2) is 51.9 Å². The second-order valence-electron chi connectivity index (χ2n) is 4.89. The van der Waals surface area contributed by atoms with Crippen LogP contribution in [0.25, 0.3) is 0 Å². The predicted molar refractivity (Wildman–Crippen MR) is 78.8 cm³/mol. The Morgan fingerprint density at radius 1 is 1.10 bits per heavy atom. The zero-order valence-electron chi connectivity index (χ0n) is 12.7. The van der Waals surface area contributed by atoms with Crippen LogP contribution < -0.4 is 19.5 Å². The first-order chi connectivity index (χ1) is 9.73. The van der Waals surface area contributed by atoms with E-state index in [1.54, 1.807) is 21.3 Å². The third-order valence-corrected chi connectivity index (χ3v) is 3.86. The molecule has 5 heteroatoms. The van der Waals surface area contributed by atoms with E-state index in [2.05, 4.69) is 17.1 Å².